The van der Waals surface area contributed by atoms with E-state index in [1.54, 1.807) is 7.11 Å². The molecule has 5 rings (SSSR count). The molecule has 124 valence electrons. The van der Waals surface area contributed by atoms with Gasteiger partial charge < -0.3 is 24.6 Å². The van der Waals surface area contributed by atoms with Crippen molar-refractivity contribution in [3.05, 3.63) is 12.1 Å². The third-order valence-corrected chi connectivity index (χ3v) is 4.98. The standard InChI is InChI=1S/C16H22N4O3/c1-22-15-13(17-16(21)20-10-11-8-12(20)9-11)2-3-14(18-15)19-4-6-23-7-5-19/h2-3,11-12H,4-10H2,1H3,(H,17,21). The highest BCUT2D eigenvalue weighted by atomic mass is 16.5. The van der Waals surface area contributed by atoms with Crippen LogP contribution in [0.2, 0.25) is 0 Å². The molecule has 4 fully saturated rings. The fourth-order valence-electron chi connectivity index (χ4n) is 3.62. The van der Waals surface area contributed by atoms with E-state index in [4.69, 9.17) is 9.47 Å². The maximum Gasteiger partial charge on any atom is 0.322 e. The fourth-order valence-corrected chi connectivity index (χ4v) is 3.62. The Morgan fingerprint density at radius 3 is 2.78 bits per heavy atom. The van der Waals surface area contributed by atoms with Crippen LogP contribution in [-0.4, -0.2) is 61.9 Å². The van der Waals surface area contributed by atoms with Crippen molar-refractivity contribution in [3.63, 3.8) is 0 Å². The Morgan fingerprint density at radius 1 is 1.35 bits per heavy atom. The Bertz CT molecular complexity index is 597. The first-order valence-electron chi connectivity index (χ1n) is 8.20. The zero-order chi connectivity index (χ0) is 15.8. The van der Waals surface area contributed by atoms with Gasteiger partial charge in [-0.05, 0) is 30.9 Å². The average molecular weight is 318 g/mol. The summed E-state index contributed by atoms with van der Waals surface area (Å²) < 4.78 is 10.7. The second kappa shape index (κ2) is 5.88. The number of methoxy groups -OCH3 is 1. The van der Waals surface area contributed by atoms with Gasteiger partial charge in [-0.3, -0.25) is 0 Å². The van der Waals surface area contributed by atoms with Gasteiger partial charge in [0.2, 0.25) is 5.88 Å². The number of rotatable bonds is 3. The number of urea groups is 1. The highest BCUT2D eigenvalue weighted by Gasteiger charge is 2.45. The van der Waals surface area contributed by atoms with Crippen LogP contribution >= 0.6 is 0 Å². The summed E-state index contributed by atoms with van der Waals surface area (Å²) in [6.45, 7) is 3.93. The molecule has 4 aliphatic rings. The lowest BCUT2D eigenvalue weighted by Gasteiger charge is -2.28. The summed E-state index contributed by atoms with van der Waals surface area (Å²) in [5, 5.41) is 2.95. The lowest BCUT2D eigenvalue weighted by Crippen LogP contribution is -2.37. The molecular weight excluding hydrogens is 296 g/mol. The minimum atomic E-state index is -0.0470. The molecule has 0 atom stereocenters. The molecule has 0 radical (unpaired) electrons. The van der Waals surface area contributed by atoms with E-state index in [1.807, 2.05) is 17.0 Å². The first-order chi connectivity index (χ1) is 11.2. The number of aromatic nitrogens is 1. The molecule has 23 heavy (non-hydrogen) atoms. The smallest absolute Gasteiger partial charge is 0.322 e. The van der Waals surface area contributed by atoms with Crippen molar-refractivity contribution in [3.8, 4) is 5.88 Å². The predicted octanol–water partition coefficient (Wildman–Crippen LogP) is 1.55. The van der Waals surface area contributed by atoms with Crippen LogP contribution in [0, 0.1) is 5.92 Å². The summed E-state index contributed by atoms with van der Waals surface area (Å²) in [5.74, 6) is 2.01. The van der Waals surface area contributed by atoms with Crippen LogP contribution in [0.1, 0.15) is 12.8 Å². The number of hydrogen-bond acceptors (Lipinski definition) is 5. The van der Waals surface area contributed by atoms with Crippen molar-refractivity contribution in [1.29, 1.82) is 0 Å². The van der Waals surface area contributed by atoms with Gasteiger partial charge in [0.25, 0.3) is 0 Å². The largest absolute Gasteiger partial charge is 0.479 e. The lowest BCUT2D eigenvalue weighted by atomic mass is 9.86. The van der Waals surface area contributed by atoms with Gasteiger partial charge in [-0.25, -0.2) is 4.79 Å². The summed E-state index contributed by atoms with van der Waals surface area (Å²) in [7, 11) is 1.58. The van der Waals surface area contributed by atoms with Gasteiger partial charge in [0.1, 0.15) is 11.5 Å². The number of nitrogens with one attached hydrogen (secondary N) is 1. The van der Waals surface area contributed by atoms with Crippen molar-refractivity contribution in [2.24, 2.45) is 5.92 Å². The zero-order valence-corrected chi connectivity index (χ0v) is 13.3. The topological polar surface area (TPSA) is 66.9 Å². The molecule has 1 N–H and O–H groups in total. The molecule has 1 aliphatic carbocycles. The van der Waals surface area contributed by atoms with E-state index in [9.17, 15) is 4.79 Å². The number of nitrogens with zero attached hydrogens (tertiary/aromatic N) is 3. The van der Waals surface area contributed by atoms with Crippen LogP contribution in [-0.2, 0) is 4.74 Å². The van der Waals surface area contributed by atoms with Gasteiger partial charge in [-0.1, -0.05) is 0 Å². The van der Waals surface area contributed by atoms with Crippen molar-refractivity contribution >= 4 is 17.5 Å². The average Bonchev–Trinajstić information content (AvgIpc) is 3.17. The predicted molar refractivity (Wildman–Crippen MR) is 86.1 cm³/mol. The minimum absolute atomic E-state index is 0.0470. The molecule has 2 bridgehead atoms. The van der Waals surface area contributed by atoms with E-state index >= 15 is 0 Å². The number of anilines is 2. The van der Waals surface area contributed by atoms with Gasteiger partial charge in [-0.15, -0.1) is 0 Å². The van der Waals surface area contributed by atoms with Gasteiger partial charge in [0.05, 0.1) is 20.3 Å². The maximum absolute atomic E-state index is 12.4. The Labute approximate surface area is 135 Å². The summed E-state index contributed by atoms with van der Waals surface area (Å²) in [4.78, 5) is 21.0. The number of carbonyl (C=O) groups excluding carboxylic acids is 1. The third kappa shape index (κ3) is 2.69. The molecule has 3 saturated heterocycles. The van der Waals surface area contributed by atoms with E-state index in [0.29, 0.717) is 36.7 Å². The summed E-state index contributed by atoms with van der Waals surface area (Å²) in [5.41, 5.74) is 0.624. The van der Waals surface area contributed by atoms with Gasteiger partial charge in [-0.2, -0.15) is 4.98 Å². The van der Waals surface area contributed by atoms with Crippen LogP contribution in [0.5, 0.6) is 5.88 Å². The Balaban J connectivity index is 1.48. The van der Waals surface area contributed by atoms with Crippen LogP contribution in [0.3, 0.4) is 0 Å². The highest BCUT2D eigenvalue weighted by molar-refractivity contribution is 5.91. The molecular formula is C16H22N4O3. The van der Waals surface area contributed by atoms with Crippen LogP contribution < -0.4 is 15.0 Å². The normalized spacial score (nSPS) is 26.0. The molecule has 0 spiro atoms. The second-order valence-electron chi connectivity index (χ2n) is 6.40. The second-order valence-corrected chi connectivity index (χ2v) is 6.40. The first-order valence-corrected chi connectivity index (χ1v) is 8.20. The third-order valence-electron chi connectivity index (χ3n) is 4.98. The Morgan fingerprint density at radius 2 is 2.13 bits per heavy atom. The number of fused-ring (bicyclic) bond motifs is 1. The van der Waals surface area contributed by atoms with E-state index in [2.05, 4.69) is 15.2 Å². The number of morpholine rings is 1. The molecule has 1 aromatic heterocycles. The highest BCUT2D eigenvalue weighted by Crippen LogP contribution is 2.41. The molecule has 3 aliphatic heterocycles. The van der Waals surface area contributed by atoms with E-state index < -0.39 is 0 Å². The number of amides is 2. The van der Waals surface area contributed by atoms with Crippen LogP contribution in [0.15, 0.2) is 12.1 Å². The molecule has 7 heteroatoms. The van der Waals surface area contributed by atoms with E-state index in [0.717, 1.165) is 38.3 Å². The van der Waals surface area contributed by atoms with Crippen LogP contribution in [0.25, 0.3) is 0 Å². The minimum Gasteiger partial charge on any atom is -0.479 e. The lowest BCUT2D eigenvalue weighted by molar-refractivity contribution is 0.122. The Hall–Kier alpha value is -2.02. The molecule has 1 saturated carbocycles. The van der Waals surface area contributed by atoms with E-state index in [-0.39, 0.29) is 6.03 Å². The molecule has 2 amide bonds. The first kappa shape index (κ1) is 14.6. The summed E-state index contributed by atoms with van der Waals surface area (Å²) in [6, 6.07) is 4.17. The molecule has 0 unspecified atom stereocenters. The molecule has 4 heterocycles. The fraction of sp³-hybridized carbons (Fsp3) is 0.625. The quantitative estimate of drug-likeness (QED) is 0.916. The SMILES string of the molecule is COc1nc(N2CCOCC2)ccc1NC(=O)N1CC2CC1C2. The van der Waals surface area contributed by atoms with Gasteiger partial charge in [0, 0.05) is 25.7 Å². The summed E-state index contributed by atoms with van der Waals surface area (Å²) in [6.07, 6.45) is 2.30. The van der Waals surface area contributed by atoms with Gasteiger partial charge in [0.15, 0.2) is 0 Å². The zero-order valence-electron chi connectivity index (χ0n) is 13.3. The number of hydrogen-bond donors (Lipinski definition) is 1. The van der Waals surface area contributed by atoms with Crippen molar-refractivity contribution < 1.29 is 14.3 Å². The number of pyridine rings is 1. The van der Waals surface area contributed by atoms with Crippen molar-refractivity contribution in [2.75, 3.05) is 50.2 Å². The molecule has 0 aromatic carbocycles. The molecule has 7 nitrogen and oxygen atoms in total. The number of ether oxygens (including phenoxy) is 2. The van der Waals surface area contributed by atoms with Gasteiger partial charge >= 0.3 is 6.03 Å². The molecule has 1 aromatic rings. The number of carbonyl (C=O) groups is 1. The monoisotopic (exact) mass is 318 g/mol. The van der Waals surface area contributed by atoms with E-state index in [1.165, 1.54) is 0 Å². The van der Waals surface area contributed by atoms with Crippen molar-refractivity contribution in [1.82, 2.24) is 9.88 Å². The maximum atomic E-state index is 12.4. The van der Waals surface area contributed by atoms with Crippen LogP contribution in [0.4, 0.5) is 16.3 Å². The van der Waals surface area contributed by atoms with Crippen molar-refractivity contribution in [2.45, 2.75) is 18.9 Å². The Kier molecular flexibility index (Phi) is 3.72. The summed E-state index contributed by atoms with van der Waals surface area (Å²) >= 11 is 0.